The van der Waals surface area contributed by atoms with Crippen LogP contribution in [-0.4, -0.2) is 22.1 Å². The van der Waals surface area contributed by atoms with Crippen LogP contribution in [-0.2, 0) is 6.54 Å². The molecular weight excluding hydrogens is 385 g/mol. The lowest BCUT2D eigenvalue weighted by Crippen LogP contribution is -2.29. The second kappa shape index (κ2) is 7.02. The van der Waals surface area contributed by atoms with Gasteiger partial charge in [-0.1, -0.05) is 6.07 Å². The molecule has 6 nitrogen and oxygen atoms in total. The van der Waals surface area contributed by atoms with Crippen molar-refractivity contribution >= 4 is 40.3 Å². The number of nitrogens with one attached hydrogen (secondary N) is 2. The molecule has 0 unspecified atom stereocenters. The van der Waals surface area contributed by atoms with Crippen LogP contribution in [0, 0.1) is 3.57 Å². The molecule has 0 bridgehead atoms. The lowest BCUT2D eigenvalue weighted by Gasteiger charge is -2.10. The Hall–Kier alpha value is -2.16. The quantitative estimate of drug-likeness (QED) is 0.692. The molecule has 0 saturated heterocycles. The standard InChI is InChI=1S/C14H12IN3O3/c15-10-3-4-12(11(6-10)13(19)20)18-14(21)17-8-9-2-1-5-16-7-9/h1-7H,8H2,(H,19,20)(H2,17,18,21). The number of hydrogen-bond acceptors (Lipinski definition) is 3. The lowest BCUT2D eigenvalue weighted by molar-refractivity contribution is 0.0698. The SMILES string of the molecule is O=C(NCc1cccnc1)Nc1ccc(I)cc1C(=O)O. The highest BCUT2D eigenvalue weighted by molar-refractivity contribution is 14.1. The molecule has 0 saturated carbocycles. The first-order valence-electron chi connectivity index (χ1n) is 6.03. The summed E-state index contributed by atoms with van der Waals surface area (Å²) in [4.78, 5) is 26.9. The van der Waals surface area contributed by atoms with Crippen LogP contribution in [0.5, 0.6) is 0 Å². The molecule has 0 radical (unpaired) electrons. The molecule has 0 fully saturated rings. The second-order valence-corrected chi connectivity index (χ2v) is 5.41. The fourth-order valence-electron chi connectivity index (χ4n) is 1.65. The topological polar surface area (TPSA) is 91.3 Å². The number of anilines is 1. The van der Waals surface area contributed by atoms with E-state index >= 15 is 0 Å². The number of benzene rings is 1. The minimum Gasteiger partial charge on any atom is -0.478 e. The van der Waals surface area contributed by atoms with E-state index in [0.717, 1.165) is 9.13 Å². The molecule has 1 aromatic carbocycles. The average molecular weight is 397 g/mol. The number of carboxylic acid groups (broad SMARTS) is 1. The zero-order valence-electron chi connectivity index (χ0n) is 10.8. The first kappa shape index (κ1) is 15.2. The van der Waals surface area contributed by atoms with E-state index in [0.29, 0.717) is 6.54 Å². The third-order valence-electron chi connectivity index (χ3n) is 2.64. The Morgan fingerprint density at radius 2 is 2.10 bits per heavy atom. The molecule has 0 spiro atoms. The van der Waals surface area contributed by atoms with Gasteiger partial charge in [0.1, 0.15) is 0 Å². The van der Waals surface area contributed by atoms with Gasteiger partial charge in [-0.2, -0.15) is 0 Å². The van der Waals surface area contributed by atoms with Crippen LogP contribution < -0.4 is 10.6 Å². The summed E-state index contributed by atoms with van der Waals surface area (Å²) in [6.45, 7) is 0.312. The number of rotatable bonds is 4. The largest absolute Gasteiger partial charge is 0.478 e. The lowest BCUT2D eigenvalue weighted by atomic mass is 10.2. The van der Waals surface area contributed by atoms with Gasteiger partial charge in [-0.15, -0.1) is 0 Å². The van der Waals surface area contributed by atoms with Gasteiger partial charge in [-0.25, -0.2) is 9.59 Å². The maximum atomic E-state index is 11.8. The van der Waals surface area contributed by atoms with E-state index in [2.05, 4.69) is 15.6 Å². The molecule has 21 heavy (non-hydrogen) atoms. The zero-order valence-corrected chi connectivity index (χ0v) is 13.0. The highest BCUT2D eigenvalue weighted by atomic mass is 127. The highest BCUT2D eigenvalue weighted by Crippen LogP contribution is 2.18. The number of carboxylic acids is 1. The number of carbonyl (C=O) groups excluding carboxylic acids is 1. The van der Waals surface area contributed by atoms with Crippen molar-refractivity contribution in [3.63, 3.8) is 0 Å². The number of amides is 2. The van der Waals surface area contributed by atoms with Crippen LogP contribution in [0.4, 0.5) is 10.5 Å². The van der Waals surface area contributed by atoms with Gasteiger partial charge in [0.05, 0.1) is 11.3 Å². The van der Waals surface area contributed by atoms with Gasteiger partial charge in [-0.05, 0) is 52.4 Å². The van der Waals surface area contributed by atoms with E-state index in [1.54, 1.807) is 30.6 Å². The molecule has 1 aromatic heterocycles. The Balaban J connectivity index is 2.01. The third-order valence-corrected chi connectivity index (χ3v) is 3.31. The Morgan fingerprint density at radius 1 is 1.29 bits per heavy atom. The molecule has 0 aliphatic heterocycles. The van der Waals surface area contributed by atoms with Crippen LogP contribution in [0.2, 0.25) is 0 Å². The summed E-state index contributed by atoms with van der Waals surface area (Å²) in [7, 11) is 0. The first-order valence-corrected chi connectivity index (χ1v) is 7.11. The normalized spacial score (nSPS) is 9.95. The molecule has 108 valence electrons. The number of aromatic nitrogens is 1. The Labute approximate surface area is 134 Å². The predicted molar refractivity (Wildman–Crippen MR) is 86.2 cm³/mol. The van der Waals surface area contributed by atoms with Gasteiger partial charge in [0.15, 0.2) is 0 Å². The molecule has 0 aliphatic carbocycles. The molecule has 3 N–H and O–H groups in total. The average Bonchev–Trinajstić information content (AvgIpc) is 2.48. The molecule has 2 rings (SSSR count). The van der Waals surface area contributed by atoms with Gasteiger partial charge in [0, 0.05) is 22.5 Å². The predicted octanol–water partition coefficient (Wildman–Crippen LogP) is 2.71. The molecular formula is C14H12IN3O3. The first-order chi connectivity index (χ1) is 10.1. The maximum Gasteiger partial charge on any atom is 0.337 e. The molecule has 2 aromatic rings. The number of carbonyl (C=O) groups is 2. The summed E-state index contributed by atoms with van der Waals surface area (Å²) in [6.07, 6.45) is 3.29. The fourth-order valence-corrected chi connectivity index (χ4v) is 2.15. The monoisotopic (exact) mass is 397 g/mol. The van der Waals surface area contributed by atoms with E-state index in [1.807, 2.05) is 28.7 Å². The summed E-state index contributed by atoms with van der Waals surface area (Å²) < 4.78 is 0.784. The number of urea groups is 1. The van der Waals surface area contributed by atoms with Crippen molar-refractivity contribution < 1.29 is 14.7 Å². The Kier molecular flexibility index (Phi) is 5.09. The molecule has 0 atom stereocenters. The minimum absolute atomic E-state index is 0.0541. The van der Waals surface area contributed by atoms with E-state index < -0.39 is 12.0 Å². The highest BCUT2D eigenvalue weighted by Gasteiger charge is 2.12. The van der Waals surface area contributed by atoms with Crippen molar-refractivity contribution in [2.24, 2.45) is 0 Å². The van der Waals surface area contributed by atoms with Crippen LogP contribution in [0.15, 0.2) is 42.7 Å². The summed E-state index contributed by atoms with van der Waals surface area (Å²) in [5, 5.41) is 14.3. The van der Waals surface area contributed by atoms with Gasteiger partial charge in [-0.3, -0.25) is 4.98 Å². The molecule has 7 heteroatoms. The molecule has 0 aliphatic rings. The zero-order chi connectivity index (χ0) is 15.2. The summed E-state index contributed by atoms with van der Waals surface area (Å²) in [5.74, 6) is -1.09. The second-order valence-electron chi connectivity index (χ2n) is 4.16. The fraction of sp³-hybridized carbons (Fsp3) is 0.0714. The summed E-state index contributed by atoms with van der Waals surface area (Å²) in [5.41, 5.74) is 1.17. The van der Waals surface area contributed by atoms with Gasteiger partial charge < -0.3 is 15.7 Å². The molecule has 2 amide bonds. The van der Waals surface area contributed by atoms with E-state index in [4.69, 9.17) is 5.11 Å². The smallest absolute Gasteiger partial charge is 0.337 e. The Bertz CT molecular complexity index is 662. The van der Waals surface area contributed by atoms with E-state index in [-0.39, 0.29) is 11.3 Å². The van der Waals surface area contributed by atoms with Crippen LogP contribution in [0.3, 0.4) is 0 Å². The van der Waals surface area contributed by atoms with Crippen molar-refractivity contribution in [2.75, 3.05) is 5.32 Å². The number of nitrogens with zero attached hydrogens (tertiary/aromatic N) is 1. The third kappa shape index (κ3) is 4.42. The number of pyridine rings is 1. The van der Waals surface area contributed by atoms with Crippen LogP contribution in [0.1, 0.15) is 15.9 Å². The summed E-state index contributed by atoms with van der Waals surface area (Å²) >= 11 is 2.01. The van der Waals surface area contributed by atoms with Gasteiger partial charge in [0.2, 0.25) is 0 Å². The van der Waals surface area contributed by atoms with Crippen molar-refractivity contribution in [3.05, 3.63) is 57.4 Å². The number of aromatic carboxylic acids is 1. The van der Waals surface area contributed by atoms with Gasteiger partial charge >= 0.3 is 12.0 Å². The van der Waals surface area contributed by atoms with E-state index in [9.17, 15) is 9.59 Å². The van der Waals surface area contributed by atoms with Crippen LogP contribution >= 0.6 is 22.6 Å². The molecule has 1 heterocycles. The summed E-state index contributed by atoms with van der Waals surface area (Å²) in [6, 6.07) is 7.93. The number of hydrogen-bond donors (Lipinski definition) is 3. The Morgan fingerprint density at radius 3 is 2.76 bits per heavy atom. The number of halogens is 1. The van der Waals surface area contributed by atoms with Crippen LogP contribution in [0.25, 0.3) is 0 Å². The maximum absolute atomic E-state index is 11.8. The van der Waals surface area contributed by atoms with Crippen molar-refractivity contribution in [1.82, 2.24) is 10.3 Å². The van der Waals surface area contributed by atoms with Crippen molar-refractivity contribution in [3.8, 4) is 0 Å². The minimum atomic E-state index is -1.09. The van der Waals surface area contributed by atoms with Gasteiger partial charge in [0.25, 0.3) is 0 Å². The van der Waals surface area contributed by atoms with Crippen molar-refractivity contribution in [1.29, 1.82) is 0 Å². The van der Waals surface area contributed by atoms with E-state index in [1.165, 1.54) is 6.07 Å². The van der Waals surface area contributed by atoms with Crippen molar-refractivity contribution in [2.45, 2.75) is 6.54 Å².